The monoisotopic (exact) mass is 408 g/mol. The van der Waals surface area contributed by atoms with Crippen LogP contribution in [0.1, 0.15) is 18.4 Å². The number of hydrogen-bond acceptors (Lipinski definition) is 5. The standard InChI is InChI=1S/C19H25ClN4O4/c20-15-4-2-1-3-14(15)13-24-18(26)16(22-19(24)27)5-6-17(25)21-7-8-23-9-11-28-12-10-23/h1-4,16H,5-13H2,(H,21,25)(H,22,27)/t16-/m0/s1. The molecule has 2 saturated heterocycles. The number of imide groups is 1. The molecule has 2 aliphatic heterocycles. The normalized spacial score (nSPS) is 20.3. The number of carbonyl (C=O) groups is 3. The molecule has 152 valence electrons. The van der Waals surface area contributed by atoms with Gasteiger partial charge in [0, 0.05) is 37.6 Å². The number of hydrogen-bond donors (Lipinski definition) is 2. The second-order valence-electron chi connectivity index (χ2n) is 6.86. The van der Waals surface area contributed by atoms with Gasteiger partial charge in [-0.15, -0.1) is 0 Å². The first-order valence-corrected chi connectivity index (χ1v) is 9.84. The third kappa shape index (κ3) is 5.43. The van der Waals surface area contributed by atoms with Crippen molar-refractivity contribution in [3.8, 4) is 0 Å². The maximum atomic E-state index is 12.5. The van der Waals surface area contributed by atoms with E-state index in [1.54, 1.807) is 24.3 Å². The first-order chi connectivity index (χ1) is 13.5. The molecule has 0 radical (unpaired) electrons. The zero-order valence-electron chi connectivity index (χ0n) is 15.7. The van der Waals surface area contributed by atoms with Gasteiger partial charge in [-0.3, -0.25) is 19.4 Å². The van der Waals surface area contributed by atoms with Gasteiger partial charge in [0.15, 0.2) is 0 Å². The van der Waals surface area contributed by atoms with Crippen LogP contribution in [0.2, 0.25) is 5.02 Å². The molecule has 1 atom stereocenters. The van der Waals surface area contributed by atoms with Crippen LogP contribution in [0.3, 0.4) is 0 Å². The molecule has 2 heterocycles. The minimum atomic E-state index is -0.681. The average molecular weight is 409 g/mol. The van der Waals surface area contributed by atoms with E-state index in [0.29, 0.717) is 17.1 Å². The summed E-state index contributed by atoms with van der Waals surface area (Å²) < 4.78 is 5.29. The fraction of sp³-hybridized carbons (Fsp3) is 0.526. The van der Waals surface area contributed by atoms with Crippen LogP contribution in [-0.2, 0) is 20.9 Å². The molecule has 28 heavy (non-hydrogen) atoms. The van der Waals surface area contributed by atoms with Crippen molar-refractivity contribution in [2.75, 3.05) is 39.4 Å². The fourth-order valence-electron chi connectivity index (χ4n) is 3.26. The molecule has 0 aromatic heterocycles. The molecule has 0 aliphatic carbocycles. The number of nitrogens with zero attached hydrogens (tertiary/aromatic N) is 2. The van der Waals surface area contributed by atoms with Gasteiger partial charge in [-0.25, -0.2) is 4.79 Å². The summed E-state index contributed by atoms with van der Waals surface area (Å²) in [6.07, 6.45) is 0.451. The van der Waals surface area contributed by atoms with Crippen LogP contribution >= 0.6 is 11.6 Å². The Bertz CT molecular complexity index is 724. The first-order valence-electron chi connectivity index (χ1n) is 9.46. The SMILES string of the molecule is O=C(CC[C@@H]1NC(=O)N(Cc2ccccc2Cl)C1=O)NCCN1CCOCC1. The molecule has 2 fully saturated rings. The third-order valence-electron chi connectivity index (χ3n) is 4.91. The minimum Gasteiger partial charge on any atom is -0.379 e. The molecule has 1 aromatic carbocycles. The van der Waals surface area contributed by atoms with Crippen molar-refractivity contribution in [1.82, 2.24) is 20.4 Å². The number of nitrogens with one attached hydrogen (secondary N) is 2. The summed E-state index contributed by atoms with van der Waals surface area (Å²) in [6, 6.07) is 5.95. The molecule has 4 amide bonds. The van der Waals surface area contributed by atoms with Crippen molar-refractivity contribution in [2.24, 2.45) is 0 Å². The first kappa shape index (κ1) is 20.6. The van der Waals surface area contributed by atoms with E-state index in [2.05, 4.69) is 15.5 Å². The van der Waals surface area contributed by atoms with Crippen molar-refractivity contribution in [2.45, 2.75) is 25.4 Å². The lowest BCUT2D eigenvalue weighted by Crippen LogP contribution is -2.41. The van der Waals surface area contributed by atoms with Crippen molar-refractivity contribution >= 4 is 29.4 Å². The third-order valence-corrected chi connectivity index (χ3v) is 5.28. The van der Waals surface area contributed by atoms with Crippen LogP contribution in [0, 0.1) is 0 Å². The van der Waals surface area contributed by atoms with Gasteiger partial charge in [-0.1, -0.05) is 29.8 Å². The second kappa shape index (κ2) is 9.86. The van der Waals surface area contributed by atoms with Crippen LogP contribution in [0.4, 0.5) is 4.79 Å². The molecular formula is C19H25ClN4O4. The molecular weight excluding hydrogens is 384 g/mol. The van der Waals surface area contributed by atoms with Gasteiger partial charge >= 0.3 is 6.03 Å². The zero-order valence-corrected chi connectivity index (χ0v) is 16.4. The van der Waals surface area contributed by atoms with Crippen molar-refractivity contribution in [3.05, 3.63) is 34.9 Å². The van der Waals surface area contributed by atoms with E-state index in [0.717, 1.165) is 37.7 Å². The van der Waals surface area contributed by atoms with E-state index in [1.165, 1.54) is 0 Å². The van der Waals surface area contributed by atoms with E-state index in [4.69, 9.17) is 16.3 Å². The highest BCUT2D eigenvalue weighted by Crippen LogP contribution is 2.20. The summed E-state index contributed by atoms with van der Waals surface area (Å²) in [4.78, 5) is 40.1. The summed E-state index contributed by atoms with van der Waals surface area (Å²) in [5.74, 6) is -0.453. The number of benzene rings is 1. The van der Waals surface area contributed by atoms with Crippen LogP contribution in [0.15, 0.2) is 24.3 Å². The smallest absolute Gasteiger partial charge is 0.325 e. The lowest BCUT2D eigenvalue weighted by molar-refractivity contribution is -0.128. The maximum Gasteiger partial charge on any atom is 0.325 e. The van der Waals surface area contributed by atoms with Gasteiger partial charge in [0.05, 0.1) is 19.8 Å². The van der Waals surface area contributed by atoms with Crippen LogP contribution in [0.5, 0.6) is 0 Å². The summed E-state index contributed by atoms with van der Waals surface area (Å²) in [7, 11) is 0. The second-order valence-corrected chi connectivity index (χ2v) is 7.27. The zero-order chi connectivity index (χ0) is 19.9. The van der Waals surface area contributed by atoms with Gasteiger partial charge in [0.2, 0.25) is 5.91 Å². The largest absolute Gasteiger partial charge is 0.379 e. The highest BCUT2D eigenvalue weighted by atomic mass is 35.5. The van der Waals surface area contributed by atoms with Crippen LogP contribution < -0.4 is 10.6 Å². The summed E-state index contributed by atoms with van der Waals surface area (Å²) in [5.41, 5.74) is 0.703. The molecule has 8 nitrogen and oxygen atoms in total. The predicted molar refractivity (Wildman–Crippen MR) is 104 cm³/mol. The Morgan fingerprint density at radius 2 is 2.00 bits per heavy atom. The molecule has 9 heteroatoms. The van der Waals surface area contributed by atoms with Crippen molar-refractivity contribution in [1.29, 1.82) is 0 Å². The molecule has 1 aromatic rings. The van der Waals surface area contributed by atoms with E-state index < -0.39 is 12.1 Å². The molecule has 0 spiro atoms. The fourth-order valence-corrected chi connectivity index (χ4v) is 3.46. The topological polar surface area (TPSA) is 91.0 Å². The summed E-state index contributed by atoms with van der Waals surface area (Å²) in [6.45, 7) is 4.65. The molecule has 0 bridgehead atoms. The lowest BCUT2D eigenvalue weighted by Gasteiger charge is -2.26. The van der Waals surface area contributed by atoms with Gasteiger partial charge in [-0.2, -0.15) is 0 Å². The van der Waals surface area contributed by atoms with Gasteiger partial charge < -0.3 is 15.4 Å². The number of amides is 4. The Labute approximate surface area is 169 Å². The van der Waals surface area contributed by atoms with Gasteiger partial charge in [0.1, 0.15) is 6.04 Å². The molecule has 0 saturated carbocycles. The van der Waals surface area contributed by atoms with Crippen molar-refractivity contribution < 1.29 is 19.1 Å². The maximum absolute atomic E-state index is 12.5. The predicted octanol–water partition coefficient (Wildman–Crippen LogP) is 0.989. The van der Waals surface area contributed by atoms with E-state index in [1.807, 2.05) is 0 Å². The highest BCUT2D eigenvalue weighted by molar-refractivity contribution is 6.31. The average Bonchev–Trinajstić information content (AvgIpc) is 2.96. The number of urea groups is 1. The Balaban J connectivity index is 1.41. The Morgan fingerprint density at radius 3 is 2.75 bits per heavy atom. The number of morpholine rings is 1. The highest BCUT2D eigenvalue weighted by Gasteiger charge is 2.38. The number of halogens is 1. The number of ether oxygens (including phenoxy) is 1. The van der Waals surface area contributed by atoms with Crippen LogP contribution in [0.25, 0.3) is 0 Å². The van der Waals surface area contributed by atoms with Crippen LogP contribution in [-0.4, -0.2) is 73.1 Å². The van der Waals surface area contributed by atoms with E-state index >= 15 is 0 Å². The van der Waals surface area contributed by atoms with E-state index in [9.17, 15) is 14.4 Å². The Hall–Kier alpha value is -2.16. The Morgan fingerprint density at radius 1 is 1.25 bits per heavy atom. The number of rotatable bonds is 8. The van der Waals surface area contributed by atoms with Gasteiger partial charge in [0.25, 0.3) is 5.91 Å². The van der Waals surface area contributed by atoms with E-state index in [-0.39, 0.29) is 31.2 Å². The summed E-state index contributed by atoms with van der Waals surface area (Å²) >= 11 is 6.11. The van der Waals surface area contributed by atoms with Gasteiger partial charge in [-0.05, 0) is 18.1 Å². The van der Waals surface area contributed by atoms with Crippen molar-refractivity contribution in [3.63, 3.8) is 0 Å². The lowest BCUT2D eigenvalue weighted by atomic mass is 10.1. The Kier molecular flexibility index (Phi) is 7.24. The molecule has 2 aliphatic rings. The molecule has 3 rings (SSSR count). The quantitative estimate of drug-likeness (QED) is 0.626. The number of carbonyl (C=O) groups excluding carboxylic acids is 3. The molecule has 0 unspecified atom stereocenters. The minimum absolute atomic E-state index is 0.118. The molecule has 2 N–H and O–H groups in total. The summed E-state index contributed by atoms with van der Waals surface area (Å²) in [5, 5.41) is 6.02.